The average molecular weight is 250 g/mol. The first-order chi connectivity index (χ1) is 8.69. The van der Waals surface area contributed by atoms with E-state index in [1.54, 1.807) is 31.2 Å². The van der Waals surface area contributed by atoms with Crippen LogP contribution in [-0.4, -0.2) is 18.5 Å². The van der Waals surface area contributed by atoms with Crippen LogP contribution in [-0.2, 0) is 19.1 Å². The number of carbonyl (C=O) groups excluding carboxylic acids is 2. The van der Waals surface area contributed by atoms with Gasteiger partial charge < -0.3 is 9.47 Å². The van der Waals surface area contributed by atoms with Crippen molar-refractivity contribution in [3.63, 3.8) is 0 Å². The Labute approximate surface area is 107 Å². The van der Waals surface area contributed by atoms with Gasteiger partial charge in [0.15, 0.2) is 0 Å². The third-order valence-corrected chi connectivity index (χ3v) is 2.31. The molecule has 0 bridgehead atoms. The van der Waals surface area contributed by atoms with E-state index < -0.39 is 12.1 Å². The van der Waals surface area contributed by atoms with E-state index in [9.17, 15) is 9.59 Å². The molecule has 0 radical (unpaired) electrons. The first kappa shape index (κ1) is 14.2. The Bertz CT molecular complexity index is 386. The zero-order chi connectivity index (χ0) is 13.4. The molecule has 0 aromatic heterocycles. The van der Waals surface area contributed by atoms with Crippen LogP contribution in [0.1, 0.15) is 38.4 Å². The molecule has 0 saturated carbocycles. The highest BCUT2D eigenvalue weighted by Gasteiger charge is 2.25. The second kappa shape index (κ2) is 7.48. The lowest BCUT2D eigenvalue weighted by Crippen LogP contribution is -2.22. The minimum Gasteiger partial charge on any atom is -0.463 e. The van der Waals surface area contributed by atoms with Crippen molar-refractivity contribution in [3.8, 4) is 0 Å². The molecule has 1 aromatic rings. The van der Waals surface area contributed by atoms with E-state index in [1.807, 2.05) is 13.0 Å². The van der Waals surface area contributed by atoms with Gasteiger partial charge in [0.2, 0.25) is 6.10 Å². The number of ether oxygens (including phenoxy) is 2. The fourth-order valence-corrected chi connectivity index (χ4v) is 1.49. The SMILES string of the molecule is CCCC(=O)OC(C(=O)OCC)c1ccccc1. The number of carbonyl (C=O) groups is 2. The summed E-state index contributed by atoms with van der Waals surface area (Å²) >= 11 is 0. The van der Waals surface area contributed by atoms with Gasteiger partial charge in [0.05, 0.1) is 6.61 Å². The molecule has 1 rings (SSSR count). The normalized spacial score (nSPS) is 11.7. The van der Waals surface area contributed by atoms with Gasteiger partial charge in [-0.25, -0.2) is 4.79 Å². The Kier molecular flexibility index (Phi) is 5.91. The molecular formula is C14H18O4. The van der Waals surface area contributed by atoms with Crippen LogP contribution in [0.25, 0.3) is 0 Å². The fraction of sp³-hybridized carbons (Fsp3) is 0.429. The second-order valence-electron chi connectivity index (χ2n) is 3.78. The van der Waals surface area contributed by atoms with Crippen molar-refractivity contribution in [2.24, 2.45) is 0 Å². The van der Waals surface area contributed by atoms with E-state index in [1.165, 1.54) is 0 Å². The minimum atomic E-state index is -0.967. The van der Waals surface area contributed by atoms with Gasteiger partial charge in [-0.3, -0.25) is 4.79 Å². The first-order valence-electron chi connectivity index (χ1n) is 6.10. The highest BCUT2D eigenvalue weighted by atomic mass is 16.6. The highest BCUT2D eigenvalue weighted by Crippen LogP contribution is 2.19. The summed E-state index contributed by atoms with van der Waals surface area (Å²) in [5, 5.41) is 0. The summed E-state index contributed by atoms with van der Waals surface area (Å²) in [6, 6.07) is 8.88. The van der Waals surface area contributed by atoms with Crippen LogP contribution < -0.4 is 0 Å². The van der Waals surface area contributed by atoms with Gasteiger partial charge in [0.1, 0.15) is 0 Å². The maximum atomic E-state index is 11.8. The predicted molar refractivity (Wildman–Crippen MR) is 66.8 cm³/mol. The summed E-state index contributed by atoms with van der Waals surface area (Å²) in [4.78, 5) is 23.3. The minimum absolute atomic E-state index is 0.257. The van der Waals surface area contributed by atoms with Crippen LogP contribution in [0.2, 0.25) is 0 Å². The maximum absolute atomic E-state index is 11.8. The Morgan fingerprint density at radius 1 is 1.17 bits per heavy atom. The maximum Gasteiger partial charge on any atom is 0.352 e. The third-order valence-electron chi connectivity index (χ3n) is 2.31. The largest absolute Gasteiger partial charge is 0.463 e. The Morgan fingerprint density at radius 3 is 2.39 bits per heavy atom. The van der Waals surface area contributed by atoms with Crippen molar-refractivity contribution < 1.29 is 19.1 Å². The van der Waals surface area contributed by atoms with Crippen molar-refractivity contribution in [2.45, 2.75) is 32.8 Å². The highest BCUT2D eigenvalue weighted by molar-refractivity contribution is 5.80. The van der Waals surface area contributed by atoms with E-state index in [-0.39, 0.29) is 12.6 Å². The van der Waals surface area contributed by atoms with Crippen LogP contribution >= 0.6 is 0 Å². The molecule has 4 heteroatoms. The van der Waals surface area contributed by atoms with Gasteiger partial charge in [0.25, 0.3) is 0 Å². The fourth-order valence-electron chi connectivity index (χ4n) is 1.49. The molecule has 0 heterocycles. The Morgan fingerprint density at radius 2 is 1.83 bits per heavy atom. The van der Waals surface area contributed by atoms with Crippen molar-refractivity contribution in [1.82, 2.24) is 0 Å². The lowest BCUT2D eigenvalue weighted by Gasteiger charge is -2.16. The van der Waals surface area contributed by atoms with E-state index in [2.05, 4.69) is 0 Å². The van der Waals surface area contributed by atoms with E-state index >= 15 is 0 Å². The average Bonchev–Trinajstić information content (AvgIpc) is 2.37. The first-order valence-corrected chi connectivity index (χ1v) is 6.10. The van der Waals surface area contributed by atoms with Gasteiger partial charge in [0, 0.05) is 12.0 Å². The molecule has 98 valence electrons. The van der Waals surface area contributed by atoms with Crippen LogP contribution in [0, 0.1) is 0 Å². The summed E-state index contributed by atoms with van der Waals surface area (Å²) in [5.74, 6) is -0.924. The van der Waals surface area contributed by atoms with Crippen LogP contribution in [0.3, 0.4) is 0 Å². The Hall–Kier alpha value is -1.84. The number of hydrogen-bond donors (Lipinski definition) is 0. The van der Waals surface area contributed by atoms with Gasteiger partial charge in [-0.15, -0.1) is 0 Å². The summed E-state index contributed by atoms with van der Waals surface area (Å²) < 4.78 is 10.1. The molecule has 4 nitrogen and oxygen atoms in total. The van der Waals surface area contributed by atoms with Gasteiger partial charge in [-0.1, -0.05) is 37.3 Å². The third kappa shape index (κ3) is 4.20. The molecule has 0 amide bonds. The van der Waals surface area contributed by atoms with Crippen molar-refractivity contribution in [1.29, 1.82) is 0 Å². The Balaban J connectivity index is 2.82. The lowest BCUT2D eigenvalue weighted by molar-refractivity contribution is -0.168. The van der Waals surface area contributed by atoms with Gasteiger partial charge in [-0.05, 0) is 13.3 Å². The molecule has 0 spiro atoms. The van der Waals surface area contributed by atoms with E-state index in [4.69, 9.17) is 9.47 Å². The van der Waals surface area contributed by atoms with Crippen molar-refractivity contribution in [2.75, 3.05) is 6.61 Å². The van der Waals surface area contributed by atoms with Gasteiger partial charge >= 0.3 is 11.9 Å². The zero-order valence-electron chi connectivity index (χ0n) is 10.7. The molecule has 0 aliphatic rings. The molecule has 18 heavy (non-hydrogen) atoms. The number of rotatable bonds is 6. The molecule has 0 saturated heterocycles. The zero-order valence-corrected chi connectivity index (χ0v) is 10.7. The molecule has 0 aliphatic heterocycles. The standard InChI is InChI=1S/C14H18O4/c1-3-8-12(15)18-13(14(16)17-4-2)11-9-6-5-7-10-11/h5-7,9-10,13H,3-4,8H2,1-2H3. The number of benzene rings is 1. The monoisotopic (exact) mass is 250 g/mol. The molecule has 1 aromatic carbocycles. The molecule has 0 N–H and O–H groups in total. The van der Waals surface area contributed by atoms with E-state index in [0.29, 0.717) is 18.4 Å². The summed E-state index contributed by atoms with van der Waals surface area (Å²) in [6.45, 7) is 3.85. The molecular weight excluding hydrogens is 232 g/mol. The van der Waals surface area contributed by atoms with Crippen molar-refractivity contribution in [3.05, 3.63) is 35.9 Å². The van der Waals surface area contributed by atoms with Gasteiger partial charge in [-0.2, -0.15) is 0 Å². The second-order valence-corrected chi connectivity index (χ2v) is 3.78. The summed E-state index contributed by atoms with van der Waals surface area (Å²) in [7, 11) is 0. The molecule has 1 unspecified atom stereocenters. The molecule has 0 fully saturated rings. The molecule has 1 atom stereocenters. The lowest BCUT2D eigenvalue weighted by atomic mass is 10.1. The summed E-state index contributed by atoms with van der Waals surface area (Å²) in [6.07, 6.45) is 0.0107. The van der Waals surface area contributed by atoms with Crippen molar-refractivity contribution >= 4 is 11.9 Å². The summed E-state index contributed by atoms with van der Waals surface area (Å²) in [5.41, 5.74) is 0.625. The number of esters is 2. The van der Waals surface area contributed by atoms with Crippen LogP contribution in [0.4, 0.5) is 0 Å². The molecule has 0 aliphatic carbocycles. The quantitative estimate of drug-likeness (QED) is 0.728. The van der Waals surface area contributed by atoms with E-state index in [0.717, 1.165) is 0 Å². The van der Waals surface area contributed by atoms with Crippen LogP contribution in [0.5, 0.6) is 0 Å². The predicted octanol–water partition coefficient (Wildman–Crippen LogP) is 2.63. The number of hydrogen-bond acceptors (Lipinski definition) is 4. The van der Waals surface area contributed by atoms with Crippen LogP contribution in [0.15, 0.2) is 30.3 Å². The topological polar surface area (TPSA) is 52.6 Å². The smallest absolute Gasteiger partial charge is 0.352 e.